The number of nitrogens with one attached hydrogen (secondary N) is 1. The van der Waals surface area contributed by atoms with Crippen LogP contribution in [0.3, 0.4) is 0 Å². The van der Waals surface area contributed by atoms with Crippen molar-refractivity contribution >= 4 is 0 Å². The molecule has 1 aliphatic heterocycles. The molecule has 0 aromatic heterocycles. The molecule has 13 heavy (non-hydrogen) atoms. The predicted molar refractivity (Wildman–Crippen MR) is 53.7 cm³/mol. The van der Waals surface area contributed by atoms with Crippen molar-refractivity contribution in [3.63, 3.8) is 0 Å². The van der Waals surface area contributed by atoms with Gasteiger partial charge in [0.05, 0.1) is 6.67 Å². The maximum absolute atomic E-state index is 12.0. The fourth-order valence-corrected chi connectivity index (χ4v) is 1.89. The molecule has 78 valence electrons. The van der Waals surface area contributed by atoms with E-state index in [0.29, 0.717) is 18.5 Å². The van der Waals surface area contributed by atoms with Gasteiger partial charge in [-0.1, -0.05) is 0 Å². The van der Waals surface area contributed by atoms with Gasteiger partial charge in [-0.25, -0.2) is 0 Å². The molecule has 2 atom stereocenters. The Bertz CT molecular complexity index is 141. The molecule has 1 fully saturated rings. The van der Waals surface area contributed by atoms with Crippen LogP contribution in [0.15, 0.2) is 0 Å². The highest BCUT2D eigenvalue weighted by atomic mass is 19.1. The Morgan fingerprint density at radius 1 is 1.46 bits per heavy atom. The number of hydrogen-bond acceptors (Lipinski definition) is 2. The molecule has 0 radical (unpaired) electrons. The first-order valence-corrected chi connectivity index (χ1v) is 5.27. The Labute approximate surface area is 80.5 Å². The lowest BCUT2D eigenvalue weighted by Crippen LogP contribution is -2.39. The summed E-state index contributed by atoms with van der Waals surface area (Å²) >= 11 is 0. The van der Waals surface area contributed by atoms with Gasteiger partial charge in [-0.2, -0.15) is 0 Å². The van der Waals surface area contributed by atoms with E-state index in [0.717, 1.165) is 19.6 Å². The monoisotopic (exact) mass is 188 g/mol. The highest BCUT2D eigenvalue weighted by Gasteiger charge is 2.19. The largest absolute Gasteiger partial charge is 0.313 e. The molecule has 0 aromatic carbocycles. The first-order chi connectivity index (χ1) is 6.24. The van der Waals surface area contributed by atoms with Crippen LogP contribution in [0.4, 0.5) is 4.39 Å². The van der Waals surface area contributed by atoms with E-state index in [4.69, 9.17) is 0 Å². The Kier molecular flexibility index (Phi) is 4.67. The fraction of sp³-hybridized carbons (Fsp3) is 1.00. The van der Waals surface area contributed by atoms with Crippen LogP contribution >= 0.6 is 0 Å². The summed E-state index contributed by atoms with van der Waals surface area (Å²) in [6.07, 6.45) is 1.85. The molecule has 1 aliphatic rings. The van der Waals surface area contributed by atoms with Crippen LogP contribution < -0.4 is 5.32 Å². The summed E-state index contributed by atoms with van der Waals surface area (Å²) in [6, 6.07) is 1.15. The molecule has 1 rings (SSSR count). The van der Waals surface area contributed by atoms with Crippen LogP contribution in [0, 0.1) is 0 Å². The number of alkyl halides is 1. The molecular formula is C10H21FN2. The molecule has 0 amide bonds. The highest BCUT2D eigenvalue weighted by molar-refractivity contribution is 4.78. The number of rotatable bonds is 3. The van der Waals surface area contributed by atoms with Crippen LogP contribution in [0.5, 0.6) is 0 Å². The van der Waals surface area contributed by atoms with Crippen molar-refractivity contribution in [1.29, 1.82) is 0 Å². The minimum Gasteiger partial charge on any atom is -0.313 e. The Morgan fingerprint density at radius 3 is 2.92 bits per heavy atom. The summed E-state index contributed by atoms with van der Waals surface area (Å²) in [7, 11) is 0. The van der Waals surface area contributed by atoms with E-state index in [2.05, 4.69) is 24.1 Å². The van der Waals surface area contributed by atoms with Crippen LogP contribution in [-0.2, 0) is 0 Å². The SMILES string of the molecule is CC1CN(CCCF)C(C)CCN1. The van der Waals surface area contributed by atoms with Crippen LogP contribution in [-0.4, -0.2) is 43.3 Å². The average molecular weight is 188 g/mol. The number of nitrogens with zero attached hydrogens (tertiary/aromatic N) is 1. The second kappa shape index (κ2) is 5.55. The zero-order valence-electron chi connectivity index (χ0n) is 8.72. The van der Waals surface area contributed by atoms with E-state index < -0.39 is 0 Å². The van der Waals surface area contributed by atoms with Crippen molar-refractivity contribution in [2.75, 3.05) is 26.3 Å². The smallest absolute Gasteiger partial charge is 0.0906 e. The first-order valence-electron chi connectivity index (χ1n) is 5.27. The minimum absolute atomic E-state index is 0.189. The Balaban J connectivity index is 2.37. The number of halogens is 1. The van der Waals surface area contributed by atoms with E-state index in [-0.39, 0.29) is 6.67 Å². The molecule has 1 heterocycles. The summed E-state index contributed by atoms with van der Waals surface area (Å²) in [6.45, 7) is 7.29. The lowest BCUT2D eigenvalue weighted by Gasteiger charge is -2.27. The lowest BCUT2D eigenvalue weighted by molar-refractivity contribution is 0.198. The average Bonchev–Trinajstić information content (AvgIpc) is 2.25. The van der Waals surface area contributed by atoms with Gasteiger partial charge in [-0.15, -0.1) is 0 Å². The highest BCUT2D eigenvalue weighted by Crippen LogP contribution is 2.09. The zero-order valence-corrected chi connectivity index (χ0v) is 8.72. The molecule has 1 N–H and O–H groups in total. The van der Waals surface area contributed by atoms with Crippen LogP contribution in [0.1, 0.15) is 26.7 Å². The lowest BCUT2D eigenvalue weighted by atomic mass is 10.2. The molecule has 1 saturated heterocycles. The van der Waals surface area contributed by atoms with Gasteiger partial charge in [-0.05, 0) is 33.2 Å². The molecule has 0 spiro atoms. The third kappa shape index (κ3) is 3.61. The van der Waals surface area contributed by atoms with E-state index in [1.807, 2.05) is 0 Å². The third-order valence-corrected chi connectivity index (χ3v) is 2.77. The normalized spacial score (nSPS) is 31.6. The van der Waals surface area contributed by atoms with Crippen molar-refractivity contribution in [3.05, 3.63) is 0 Å². The van der Waals surface area contributed by atoms with Crippen molar-refractivity contribution in [3.8, 4) is 0 Å². The van der Waals surface area contributed by atoms with E-state index >= 15 is 0 Å². The first kappa shape index (κ1) is 10.9. The van der Waals surface area contributed by atoms with Gasteiger partial charge in [-0.3, -0.25) is 9.29 Å². The van der Waals surface area contributed by atoms with Gasteiger partial charge in [0.15, 0.2) is 0 Å². The summed E-state index contributed by atoms with van der Waals surface area (Å²) in [5.74, 6) is 0. The van der Waals surface area contributed by atoms with Gasteiger partial charge >= 0.3 is 0 Å². The summed E-state index contributed by atoms with van der Waals surface area (Å²) in [5, 5.41) is 3.45. The molecule has 2 nitrogen and oxygen atoms in total. The summed E-state index contributed by atoms with van der Waals surface area (Å²) in [4.78, 5) is 2.39. The van der Waals surface area contributed by atoms with Gasteiger partial charge in [0, 0.05) is 25.2 Å². The molecule has 3 heteroatoms. The van der Waals surface area contributed by atoms with Crippen molar-refractivity contribution in [1.82, 2.24) is 10.2 Å². The van der Waals surface area contributed by atoms with Crippen LogP contribution in [0.25, 0.3) is 0 Å². The van der Waals surface area contributed by atoms with Crippen molar-refractivity contribution < 1.29 is 4.39 Å². The van der Waals surface area contributed by atoms with Crippen LogP contribution in [0.2, 0.25) is 0 Å². The summed E-state index contributed by atoms with van der Waals surface area (Å²) in [5.41, 5.74) is 0. The third-order valence-electron chi connectivity index (χ3n) is 2.77. The predicted octanol–water partition coefficient (Wildman–Crippen LogP) is 1.42. The van der Waals surface area contributed by atoms with Gasteiger partial charge in [0.25, 0.3) is 0 Å². The molecule has 0 saturated carbocycles. The standard InChI is InChI=1S/C10H21FN2/c1-9-8-13(7-3-5-11)10(2)4-6-12-9/h9-10,12H,3-8H2,1-2H3. The van der Waals surface area contributed by atoms with Gasteiger partial charge < -0.3 is 5.32 Å². The topological polar surface area (TPSA) is 15.3 Å². The summed E-state index contributed by atoms with van der Waals surface area (Å²) < 4.78 is 12.0. The second-order valence-corrected chi connectivity index (χ2v) is 4.03. The fourth-order valence-electron chi connectivity index (χ4n) is 1.89. The van der Waals surface area contributed by atoms with E-state index in [1.54, 1.807) is 0 Å². The van der Waals surface area contributed by atoms with Crippen molar-refractivity contribution in [2.24, 2.45) is 0 Å². The van der Waals surface area contributed by atoms with Gasteiger partial charge in [0.2, 0.25) is 0 Å². The molecule has 2 unspecified atom stereocenters. The molecule has 0 aromatic rings. The Hall–Kier alpha value is -0.150. The number of hydrogen-bond donors (Lipinski definition) is 1. The van der Waals surface area contributed by atoms with Gasteiger partial charge in [0.1, 0.15) is 0 Å². The minimum atomic E-state index is -0.189. The molecule has 0 aliphatic carbocycles. The molecular weight excluding hydrogens is 167 g/mol. The Morgan fingerprint density at radius 2 is 2.23 bits per heavy atom. The zero-order chi connectivity index (χ0) is 9.68. The van der Waals surface area contributed by atoms with E-state index in [1.165, 1.54) is 6.42 Å². The second-order valence-electron chi connectivity index (χ2n) is 4.03. The maximum atomic E-state index is 12.0. The quantitative estimate of drug-likeness (QED) is 0.720. The molecule has 0 bridgehead atoms. The van der Waals surface area contributed by atoms with E-state index in [9.17, 15) is 4.39 Å². The van der Waals surface area contributed by atoms with Crippen molar-refractivity contribution in [2.45, 2.75) is 38.8 Å². The maximum Gasteiger partial charge on any atom is 0.0906 e.